The number of esters is 1. The first-order valence-electron chi connectivity index (χ1n) is 9.16. The van der Waals surface area contributed by atoms with Gasteiger partial charge in [0.25, 0.3) is 6.23 Å². The van der Waals surface area contributed by atoms with Crippen molar-refractivity contribution in [2.45, 2.75) is 56.2 Å². The van der Waals surface area contributed by atoms with Crippen molar-refractivity contribution < 1.29 is 60.3 Å². The monoisotopic (exact) mass is 475 g/mol. The van der Waals surface area contributed by atoms with Gasteiger partial charge in [0.1, 0.15) is 17.8 Å². The average Bonchev–Trinajstić information content (AvgIpc) is 2.98. The number of unbranched alkanes of at least 4 members (excludes halogenated alkanes) is 2. The molecule has 1 aliphatic heterocycles. The molecule has 10 nitrogen and oxygen atoms in total. The Bertz CT molecular complexity index is 819. The van der Waals surface area contributed by atoms with Crippen LogP contribution in [0.1, 0.15) is 42.8 Å². The van der Waals surface area contributed by atoms with Crippen LogP contribution < -0.4 is 4.57 Å². The molecule has 4 atom stereocenters. The standard InChI is InChI=1S/C16H24NO6.CHF3O3S/c1-2-3-4-8-22-16(21)11-6-5-7-17(9-11)15-14(20)13(19)12(10-18)23-15;2-1(3,4)8(5,6)7/h5-7,9,12-15,18-20H,2-4,8,10H2,1H3;(H,5,6,7)/q+1;/p-1/t12-,13+,14+,15-;/m1./s1. The normalized spacial score (nSPS) is 23.7. The summed E-state index contributed by atoms with van der Waals surface area (Å²) < 4.78 is 71.0. The molecule has 31 heavy (non-hydrogen) atoms. The first-order chi connectivity index (χ1) is 14.3. The molecule has 1 aliphatic rings. The molecular formula is C17H24F3NO9S. The van der Waals surface area contributed by atoms with Crippen molar-refractivity contribution in [1.82, 2.24) is 0 Å². The quantitative estimate of drug-likeness (QED) is 0.162. The van der Waals surface area contributed by atoms with Gasteiger partial charge in [-0.15, -0.1) is 0 Å². The average molecular weight is 475 g/mol. The molecule has 0 unspecified atom stereocenters. The van der Waals surface area contributed by atoms with Crippen LogP contribution in [-0.4, -0.2) is 71.3 Å². The molecule has 0 amide bonds. The van der Waals surface area contributed by atoms with Crippen LogP contribution in [-0.2, 0) is 19.6 Å². The minimum Gasteiger partial charge on any atom is -0.741 e. The Morgan fingerprint density at radius 1 is 1.29 bits per heavy atom. The molecule has 2 heterocycles. The third kappa shape index (κ3) is 7.97. The van der Waals surface area contributed by atoms with E-state index in [4.69, 9.17) is 27.6 Å². The molecule has 0 aliphatic carbocycles. The van der Waals surface area contributed by atoms with Gasteiger partial charge in [0, 0.05) is 6.07 Å². The Morgan fingerprint density at radius 3 is 2.39 bits per heavy atom. The fourth-order valence-electron chi connectivity index (χ4n) is 2.50. The third-order valence-electron chi connectivity index (χ3n) is 4.13. The number of alkyl halides is 3. The molecule has 0 spiro atoms. The fourth-order valence-corrected chi connectivity index (χ4v) is 2.50. The molecule has 0 saturated carbocycles. The number of aromatic nitrogens is 1. The molecule has 0 aromatic carbocycles. The topological polar surface area (TPSA) is 157 Å². The van der Waals surface area contributed by atoms with Gasteiger partial charge in [0.15, 0.2) is 28.6 Å². The van der Waals surface area contributed by atoms with Gasteiger partial charge < -0.3 is 29.3 Å². The number of hydrogen-bond acceptors (Lipinski definition) is 9. The number of carbonyl (C=O) groups excluding carboxylic acids is 1. The van der Waals surface area contributed by atoms with Gasteiger partial charge >= 0.3 is 11.5 Å². The zero-order valence-electron chi connectivity index (χ0n) is 16.4. The molecule has 1 fully saturated rings. The lowest BCUT2D eigenvalue weighted by atomic mass is 10.1. The van der Waals surface area contributed by atoms with Crippen LogP contribution in [0.2, 0.25) is 0 Å². The number of nitrogens with zero attached hydrogens (tertiary/aromatic N) is 1. The highest BCUT2D eigenvalue weighted by Crippen LogP contribution is 2.25. The lowest BCUT2D eigenvalue weighted by Gasteiger charge is -2.10. The van der Waals surface area contributed by atoms with E-state index in [1.807, 2.05) is 0 Å². The maximum absolute atomic E-state index is 12.0. The third-order valence-corrected chi connectivity index (χ3v) is 4.70. The summed E-state index contributed by atoms with van der Waals surface area (Å²) in [6.07, 6.45) is 1.91. The van der Waals surface area contributed by atoms with Crippen LogP contribution in [0, 0.1) is 0 Å². The molecular weight excluding hydrogens is 451 g/mol. The zero-order chi connectivity index (χ0) is 23.8. The van der Waals surface area contributed by atoms with Crippen LogP contribution >= 0.6 is 0 Å². The highest BCUT2D eigenvalue weighted by Gasteiger charge is 2.48. The molecule has 0 radical (unpaired) electrons. The smallest absolute Gasteiger partial charge is 0.485 e. The first-order valence-corrected chi connectivity index (χ1v) is 10.6. The number of halogens is 3. The van der Waals surface area contributed by atoms with E-state index in [1.165, 1.54) is 10.8 Å². The van der Waals surface area contributed by atoms with Crippen LogP contribution in [0.5, 0.6) is 0 Å². The molecule has 3 N–H and O–H groups in total. The molecule has 1 aromatic heterocycles. The number of aliphatic hydroxyl groups excluding tert-OH is 3. The Balaban J connectivity index is 0.000000512. The molecule has 1 aromatic rings. The number of ether oxygens (including phenoxy) is 2. The molecule has 0 bridgehead atoms. The predicted octanol–water partition coefficient (Wildman–Crippen LogP) is -0.0160. The van der Waals surface area contributed by atoms with Gasteiger partial charge in [-0.3, -0.25) is 0 Å². The molecule has 178 valence electrons. The van der Waals surface area contributed by atoms with Crippen LogP contribution in [0.25, 0.3) is 0 Å². The second kappa shape index (κ2) is 11.7. The van der Waals surface area contributed by atoms with Crippen molar-refractivity contribution in [3.8, 4) is 0 Å². The summed E-state index contributed by atoms with van der Waals surface area (Å²) in [5, 5.41) is 28.9. The maximum Gasteiger partial charge on any atom is 0.485 e. The second-order valence-electron chi connectivity index (χ2n) is 6.51. The van der Waals surface area contributed by atoms with Gasteiger partial charge in [-0.25, -0.2) is 13.2 Å². The van der Waals surface area contributed by atoms with Gasteiger partial charge in [-0.2, -0.15) is 17.7 Å². The van der Waals surface area contributed by atoms with Gasteiger partial charge in [0.2, 0.25) is 0 Å². The van der Waals surface area contributed by atoms with Crippen molar-refractivity contribution >= 4 is 16.1 Å². The number of aliphatic hydroxyl groups is 3. The minimum atomic E-state index is -6.09. The number of carbonyl (C=O) groups is 1. The fraction of sp³-hybridized carbons (Fsp3) is 0.647. The first kappa shape index (κ1) is 27.2. The summed E-state index contributed by atoms with van der Waals surface area (Å²) in [6, 6.07) is 3.25. The minimum absolute atomic E-state index is 0.335. The summed E-state index contributed by atoms with van der Waals surface area (Å²) >= 11 is 0. The van der Waals surface area contributed by atoms with E-state index >= 15 is 0 Å². The van der Waals surface area contributed by atoms with Crippen LogP contribution in [0.4, 0.5) is 13.2 Å². The summed E-state index contributed by atoms with van der Waals surface area (Å²) in [6.45, 7) is 2.05. The highest BCUT2D eigenvalue weighted by atomic mass is 32.2. The van der Waals surface area contributed by atoms with Gasteiger partial charge in [0.05, 0.1) is 13.2 Å². The lowest BCUT2D eigenvalue weighted by molar-refractivity contribution is -0.765. The Morgan fingerprint density at radius 2 is 1.90 bits per heavy atom. The van der Waals surface area contributed by atoms with E-state index in [1.54, 1.807) is 18.3 Å². The maximum atomic E-state index is 12.0. The Kier molecular flexibility index (Phi) is 10.3. The predicted molar refractivity (Wildman–Crippen MR) is 95.2 cm³/mol. The Hall–Kier alpha value is -1.84. The summed E-state index contributed by atoms with van der Waals surface area (Å²) in [5.74, 6) is -0.442. The van der Waals surface area contributed by atoms with Crippen molar-refractivity contribution in [2.24, 2.45) is 0 Å². The van der Waals surface area contributed by atoms with E-state index in [0.29, 0.717) is 12.2 Å². The van der Waals surface area contributed by atoms with E-state index in [2.05, 4.69) is 6.92 Å². The summed E-state index contributed by atoms with van der Waals surface area (Å²) in [4.78, 5) is 12.0. The van der Waals surface area contributed by atoms with E-state index in [0.717, 1.165) is 19.3 Å². The number of rotatable bonds is 7. The lowest BCUT2D eigenvalue weighted by Crippen LogP contribution is -2.46. The highest BCUT2D eigenvalue weighted by molar-refractivity contribution is 7.86. The number of hydrogen-bond donors (Lipinski definition) is 3. The Labute approximate surface area is 176 Å². The van der Waals surface area contributed by atoms with Gasteiger partial charge in [-0.1, -0.05) is 19.8 Å². The van der Waals surface area contributed by atoms with E-state index < -0.39 is 52.7 Å². The summed E-state index contributed by atoms with van der Waals surface area (Å²) in [7, 11) is -6.09. The second-order valence-corrected chi connectivity index (χ2v) is 7.88. The van der Waals surface area contributed by atoms with E-state index in [9.17, 15) is 28.2 Å². The van der Waals surface area contributed by atoms with Crippen LogP contribution in [0.15, 0.2) is 24.5 Å². The van der Waals surface area contributed by atoms with E-state index in [-0.39, 0.29) is 0 Å². The van der Waals surface area contributed by atoms with Crippen LogP contribution in [0.3, 0.4) is 0 Å². The SMILES string of the molecule is CCCCCOC(=O)c1ccc[n+]([C@@H]2O[C@H](CO)[C@H](O)[C@@H]2O)c1.O=S(=O)([O-])C(F)(F)F. The van der Waals surface area contributed by atoms with Gasteiger partial charge in [-0.05, 0) is 12.5 Å². The van der Waals surface area contributed by atoms with Crippen molar-refractivity contribution in [2.75, 3.05) is 13.2 Å². The number of pyridine rings is 1. The van der Waals surface area contributed by atoms with Crippen molar-refractivity contribution in [3.63, 3.8) is 0 Å². The molecule has 1 saturated heterocycles. The molecule has 2 rings (SSSR count). The zero-order valence-corrected chi connectivity index (χ0v) is 17.3. The summed E-state index contributed by atoms with van der Waals surface area (Å²) in [5.41, 5.74) is -5.31. The van der Waals surface area contributed by atoms with Crippen molar-refractivity contribution in [1.29, 1.82) is 0 Å². The van der Waals surface area contributed by atoms with Crippen molar-refractivity contribution in [3.05, 3.63) is 30.1 Å². The molecule has 14 heteroatoms. The largest absolute Gasteiger partial charge is 0.741 e.